The number of rotatable bonds is 8. The zero-order chi connectivity index (χ0) is 21.3. The van der Waals surface area contributed by atoms with E-state index >= 15 is 0 Å². The fraction of sp³-hybridized carbons (Fsp3) is 0.360. The molecule has 0 saturated heterocycles. The van der Waals surface area contributed by atoms with Crippen molar-refractivity contribution in [1.82, 2.24) is 15.8 Å². The molecule has 0 radical (unpaired) electrons. The maximum Gasteiger partial charge on any atom is 0.191 e. The fourth-order valence-corrected chi connectivity index (χ4v) is 3.85. The summed E-state index contributed by atoms with van der Waals surface area (Å²) in [5.74, 6) is 2.19. The summed E-state index contributed by atoms with van der Waals surface area (Å²) in [7, 11) is 0. The van der Waals surface area contributed by atoms with Gasteiger partial charge in [-0.1, -0.05) is 72.7 Å². The number of guanidine groups is 1. The quantitative estimate of drug-likeness (QED) is 0.419. The molecule has 2 aromatic carbocycles. The molecule has 158 valence electrons. The second kappa shape index (κ2) is 10.6. The zero-order valence-corrected chi connectivity index (χ0v) is 18.4. The number of benzene rings is 2. The molecule has 0 aliphatic rings. The maximum absolute atomic E-state index is 5.32. The molecule has 0 spiro atoms. The summed E-state index contributed by atoms with van der Waals surface area (Å²) in [5.41, 5.74) is 4.68. The smallest absolute Gasteiger partial charge is 0.191 e. The number of hydrogen-bond acceptors (Lipinski definition) is 3. The summed E-state index contributed by atoms with van der Waals surface area (Å²) < 4.78 is 5.32. The lowest BCUT2D eigenvalue weighted by Crippen LogP contribution is -2.39. The summed E-state index contributed by atoms with van der Waals surface area (Å²) in [4.78, 5) is 4.84. The Hall–Kier alpha value is -3.08. The zero-order valence-electron chi connectivity index (χ0n) is 18.4. The highest BCUT2D eigenvalue weighted by Gasteiger charge is 2.17. The molecule has 1 unspecified atom stereocenters. The number of hydrogen-bond donors (Lipinski definition) is 2. The Morgan fingerprint density at radius 1 is 0.967 bits per heavy atom. The van der Waals surface area contributed by atoms with Crippen LogP contribution in [0.15, 0.2) is 70.2 Å². The molecule has 0 amide bonds. The molecule has 30 heavy (non-hydrogen) atoms. The number of aryl methyl sites for hydroxylation is 2. The van der Waals surface area contributed by atoms with Crippen LogP contribution in [0.25, 0.3) is 0 Å². The van der Waals surface area contributed by atoms with Crippen LogP contribution in [-0.2, 0) is 0 Å². The van der Waals surface area contributed by atoms with Gasteiger partial charge in [-0.2, -0.15) is 0 Å². The highest BCUT2D eigenvalue weighted by atomic mass is 16.5. The van der Waals surface area contributed by atoms with Crippen LogP contribution in [0.5, 0.6) is 0 Å². The van der Waals surface area contributed by atoms with E-state index in [9.17, 15) is 0 Å². The molecule has 5 nitrogen and oxygen atoms in total. The van der Waals surface area contributed by atoms with Crippen LogP contribution in [0.4, 0.5) is 0 Å². The van der Waals surface area contributed by atoms with E-state index < -0.39 is 0 Å². The molecular formula is C25H32N4O. The van der Waals surface area contributed by atoms with Gasteiger partial charge in [0.2, 0.25) is 0 Å². The summed E-state index contributed by atoms with van der Waals surface area (Å²) in [6.07, 6.45) is 0. The Kier molecular flexibility index (Phi) is 7.66. The van der Waals surface area contributed by atoms with E-state index in [2.05, 4.69) is 90.3 Å². The van der Waals surface area contributed by atoms with Crippen molar-refractivity contribution in [2.45, 2.75) is 39.5 Å². The van der Waals surface area contributed by atoms with Gasteiger partial charge >= 0.3 is 0 Å². The molecule has 3 aromatic rings. The average Bonchev–Trinajstić information content (AvgIpc) is 3.11. The average molecular weight is 405 g/mol. The van der Waals surface area contributed by atoms with Crippen molar-refractivity contribution in [3.8, 4) is 0 Å². The topological polar surface area (TPSA) is 62.5 Å². The normalized spacial score (nSPS) is 12.8. The van der Waals surface area contributed by atoms with Gasteiger partial charge in [0.25, 0.3) is 0 Å². The lowest BCUT2D eigenvalue weighted by atomic mass is 9.91. The van der Waals surface area contributed by atoms with E-state index in [1.54, 1.807) is 0 Å². The van der Waals surface area contributed by atoms with Gasteiger partial charge in [-0.25, -0.2) is 0 Å². The maximum atomic E-state index is 5.32. The minimum atomic E-state index is 0.241. The molecule has 1 aromatic heterocycles. The molecule has 1 atom stereocenters. The summed E-state index contributed by atoms with van der Waals surface area (Å²) >= 11 is 0. The third kappa shape index (κ3) is 5.50. The van der Waals surface area contributed by atoms with Gasteiger partial charge in [-0.3, -0.25) is 4.99 Å². The molecule has 0 aliphatic heterocycles. The van der Waals surface area contributed by atoms with E-state index in [4.69, 9.17) is 9.52 Å². The number of aliphatic imine (C=N–C) groups is 1. The summed E-state index contributed by atoms with van der Waals surface area (Å²) in [5, 5.41) is 11.0. The van der Waals surface area contributed by atoms with Crippen molar-refractivity contribution in [1.29, 1.82) is 0 Å². The van der Waals surface area contributed by atoms with Crippen molar-refractivity contribution in [2.75, 3.05) is 19.6 Å². The molecule has 0 saturated carbocycles. The lowest BCUT2D eigenvalue weighted by Gasteiger charge is -2.21. The van der Waals surface area contributed by atoms with Crippen molar-refractivity contribution in [3.63, 3.8) is 0 Å². The van der Waals surface area contributed by atoms with Crippen LogP contribution in [0.1, 0.15) is 53.8 Å². The van der Waals surface area contributed by atoms with Gasteiger partial charge in [0, 0.05) is 37.0 Å². The third-order valence-corrected chi connectivity index (χ3v) is 5.33. The highest BCUT2D eigenvalue weighted by molar-refractivity contribution is 5.79. The van der Waals surface area contributed by atoms with Crippen LogP contribution >= 0.6 is 0 Å². The Bertz CT molecular complexity index is 875. The van der Waals surface area contributed by atoms with E-state index in [0.717, 1.165) is 36.1 Å². The second-order valence-electron chi connectivity index (χ2n) is 7.61. The number of aromatic nitrogens is 1. The van der Waals surface area contributed by atoms with E-state index in [0.29, 0.717) is 6.54 Å². The van der Waals surface area contributed by atoms with Gasteiger partial charge in [-0.15, -0.1) is 0 Å². The molecule has 5 heteroatoms. The van der Waals surface area contributed by atoms with Crippen molar-refractivity contribution >= 4 is 5.96 Å². The molecule has 0 fully saturated rings. The first kappa shape index (κ1) is 21.6. The Labute approximate surface area is 179 Å². The monoisotopic (exact) mass is 404 g/mol. The first-order chi connectivity index (χ1) is 14.6. The molecular weight excluding hydrogens is 372 g/mol. The van der Waals surface area contributed by atoms with Gasteiger partial charge in [0.15, 0.2) is 5.96 Å². The first-order valence-electron chi connectivity index (χ1n) is 10.6. The van der Waals surface area contributed by atoms with Gasteiger partial charge in [-0.05, 0) is 31.9 Å². The molecule has 0 aliphatic carbocycles. The van der Waals surface area contributed by atoms with Crippen LogP contribution in [0.3, 0.4) is 0 Å². The van der Waals surface area contributed by atoms with Crippen LogP contribution in [0.2, 0.25) is 0 Å². The lowest BCUT2D eigenvalue weighted by molar-refractivity contribution is 0.391. The van der Waals surface area contributed by atoms with Crippen molar-refractivity contribution < 1.29 is 4.52 Å². The Morgan fingerprint density at radius 2 is 1.57 bits per heavy atom. The predicted octanol–water partition coefficient (Wildman–Crippen LogP) is 4.78. The van der Waals surface area contributed by atoms with Crippen molar-refractivity contribution in [2.24, 2.45) is 4.99 Å². The van der Waals surface area contributed by atoms with Crippen LogP contribution in [0, 0.1) is 13.8 Å². The van der Waals surface area contributed by atoms with Gasteiger partial charge < -0.3 is 15.2 Å². The highest BCUT2D eigenvalue weighted by Crippen LogP contribution is 2.24. The third-order valence-electron chi connectivity index (χ3n) is 5.33. The van der Waals surface area contributed by atoms with Gasteiger partial charge in [0.05, 0.1) is 5.69 Å². The SMILES string of the molecule is CCNC(=NCC(C)c1c(C)noc1C)NCC(c1ccccc1)c1ccccc1. The minimum Gasteiger partial charge on any atom is -0.361 e. The predicted molar refractivity (Wildman–Crippen MR) is 123 cm³/mol. The van der Waals surface area contributed by atoms with E-state index in [1.165, 1.54) is 11.1 Å². The minimum absolute atomic E-state index is 0.241. The first-order valence-corrected chi connectivity index (χ1v) is 10.6. The van der Waals surface area contributed by atoms with Crippen LogP contribution in [-0.4, -0.2) is 30.8 Å². The van der Waals surface area contributed by atoms with Gasteiger partial charge in [0.1, 0.15) is 5.76 Å². The largest absolute Gasteiger partial charge is 0.361 e. The Balaban J connectivity index is 1.73. The summed E-state index contributed by atoms with van der Waals surface area (Å²) in [6.45, 7) is 10.4. The Morgan fingerprint density at radius 3 is 2.07 bits per heavy atom. The fourth-order valence-electron chi connectivity index (χ4n) is 3.85. The molecule has 2 N–H and O–H groups in total. The number of nitrogens with zero attached hydrogens (tertiary/aromatic N) is 2. The standard InChI is InChI=1S/C25H32N4O/c1-5-26-25(27-16-18(2)24-19(3)29-30-20(24)4)28-17-23(21-12-8-6-9-13-21)22-14-10-7-11-15-22/h6-15,18,23H,5,16-17H2,1-4H3,(H2,26,27,28). The number of nitrogens with one attached hydrogen (secondary N) is 2. The van der Waals surface area contributed by atoms with Crippen molar-refractivity contribution in [3.05, 3.63) is 88.8 Å². The molecule has 1 heterocycles. The summed E-state index contributed by atoms with van der Waals surface area (Å²) in [6, 6.07) is 21.2. The van der Waals surface area contributed by atoms with E-state index in [1.807, 2.05) is 13.8 Å². The van der Waals surface area contributed by atoms with Crippen LogP contribution < -0.4 is 10.6 Å². The second-order valence-corrected chi connectivity index (χ2v) is 7.61. The van der Waals surface area contributed by atoms with E-state index in [-0.39, 0.29) is 11.8 Å². The molecule has 3 rings (SSSR count). The molecule has 0 bridgehead atoms.